The number of aryl methyl sites for hydroxylation is 1. The van der Waals surface area contributed by atoms with Crippen LogP contribution in [-0.2, 0) is 6.42 Å². The highest BCUT2D eigenvalue weighted by Crippen LogP contribution is 2.48. The van der Waals surface area contributed by atoms with Crippen molar-refractivity contribution in [3.63, 3.8) is 0 Å². The monoisotopic (exact) mass is 987 g/mol. The summed E-state index contributed by atoms with van der Waals surface area (Å²) in [7, 11) is 0. The molecule has 2 unspecified atom stereocenters. The number of furan rings is 1. The fraction of sp³-hybridized carbons (Fsp3) is 0.103. The average Bonchev–Trinajstić information content (AvgIpc) is 4.19. The number of nitrogens with zero attached hydrogens (tertiary/aromatic N) is 3. The molecule has 0 aliphatic heterocycles. The van der Waals surface area contributed by atoms with Crippen LogP contribution < -0.4 is 0 Å². The molecule has 0 bridgehead atoms. The third kappa shape index (κ3) is 7.51. The van der Waals surface area contributed by atoms with Gasteiger partial charge in [-0.1, -0.05) is 177 Å². The minimum atomic E-state index is -0.00102. The van der Waals surface area contributed by atoms with E-state index in [1.54, 1.807) is 0 Å². The molecule has 74 heavy (non-hydrogen) atoms. The van der Waals surface area contributed by atoms with Gasteiger partial charge in [0.1, 0.15) is 17.0 Å². The van der Waals surface area contributed by atoms with Crippen molar-refractivity contribution in [3.05, 3.63) is 235 Å². The molecular weight excluding hydrogens is 939 g/mol. The van der Waals surface area contributed by atoms with E-state index < -0.39 is 0 Å². The minimum absolute atomic E-state index is 0.00102. The molecule has 4 aromatic heterocycles. The van der Waals surface area contributed by atoms with E-state index in [0.29, 0.717) is 17.6 Å². The van der Waals surface area contributed by atoms with Crippen LogP contribution in [0.4, 0.5) is 0 Å². The topological polar surface area (TPSA) is 51.8 Å². The maximum atomic E-state index is 6.78. The number of rotatable bonds is 10. The molecule has 0 fully saturated rings. The van der Waals surface area contributed by atoms with Gasteiger partial charge >= 0.3 is 0 Å². The van der Waals surface area contributed by atoms with Gasteiger partial charge in [0, 0.05) is 68.2 Å². The maximum Gasteiger partial charge on any atom is 0.164 e. The first-order chi connectivity index (χ1) is 36.6. The molecule has 2 atom stereocenters. The van der Waals surface area contributed by atoms with Crippen LogP contribution in [0, 0.1) is 6.92 Å². The molecule has 13 aromatic rings. The fourth-order valence-electron chi connectivity index (χ4n) is 11.7. The van der Waals surface area contributed by atoms with E-state index in [9.17, 15) is 0 Å². The zero-order valence-electron chi connectivity index (χ0n) is 41.0. The van der Waals surface area contributed by atoms with Crippen molar-refractivity contribution in [1.82, 2.24) is 15.0 Å². The summed E-state index contributed by atoms with van der Waals surface area (Å²) in [6.45, 7) is 4.61. The molecule has 0 saturated carbocycles. The molecule has 1 aliphatic rings. The molecule has 6 heteroatoms. The van der Waals surface area contributed by atoms with E-state index in [1.807, 2.05) is 22.7 Å². The summed E-state index contributed by atoms with van der Waals surface area (Å²) in [6.07, 6.45) is 11.3. The van der Waals surface area contributed by atoms with Crippen LogP contribution in [0.3, 0.4) is 0 Å². The summed E-state index contributed by atoms with van der Waals surface area (Å²) in [4.78, 5) is 16.2. The average molecular weight is 988 g/mol. The van der Waals surface area contributed by atoms with Crippen molar-refractivity contribution in [2.24, 2.45) is 0 Å². The highest BCUT2D eigenvalue weighted by Gasteiger charge is 2.25. The quantitative estimate of drug-likeness (QED) is 0.137. The van der Waals surface area contributed by atoms with Crippen molar-refractivity contribution in [3.8, 4) is 56.2 Å². The second-order valence-electron chi connectivity index (χ2n) is 19.6. The lowest BCUT2D eigenvalue weighted by Gasteiger charge is -2.23. The van der Waals surface area contributed by atoms with Gasteiger partial charge in [-0.05, 0) is 125 Å². The van der Waals surface area contributed by atoms with E-state index in [1.165, 1.54) is 79.3 Å². The number of allylic oxidation sites excluding steroid dienone is 4. The molecule has 0 radical (unpaired) electrons. The minimum Gasteiger partial charge on any atom is -0.456 e. The van der Waals surface area contributed by atoms with E-state index in [4.69, 9.17) is 19.4 Å². The Bertz CT molecular complexity index is 4400. The van der Waals surface area contributed by atoms with Gasteiger partial charge in [0.05, 0.1) is 0 Å². The van der Waals surface area contributed by atoms with E-state index in [2.05, 4.69) is 226 Å². The lowest BCUT2D eigenvalue weighted by Crippen LogP contribution is -2.08. The number of aromatic nitrogens is 3. The van der Waals surface area contributed by atoms with Crippen molar-refractivity contribution >= 4 is 85.0 Å². The van der Waals surface area contributed by atoms with Gasteiger partial charge in [-0.3, -0.25) is 0 Å². The van der Waals surface area contributed by atoms with Crippen molar-refractivity contribution in [2.45, 2.75) is 44.9 Å². The molecule has 0 N–H and O–H groups in total. The highest BCUT2D eigenvalue weighted by atomic mass is 32.1. The van der Waals surface area contributed by atoms with Crippen LogP contribution in [0.25, 0.3) is 118 Å². The first-order valence-corrected chi connectivity index (χ1v) is 27.3. The molecule has 0 saturated heterocycles. The Hall–Kier alpha value is -8.29. The van der Waals surface area contributed by atoms with Gasteiger partial charge in [-0.2, -0.15) is 0 Å². The largest absolute Gasteiger partial charge is 0.456 e. The molecule has 354 valence electrons. The van der Waals surface area contributed by atoms with Gasteiger partial charge in [0.15, 0.2) is 11.6 Å². The Labute approximate surface area is 437 Å². The van der Waals surface area contributed by atoms with Crippen LogP contribution in [0.15, 0.2) is 217 Å². The fourth-order valence-corrected chi connectivity index (χ4v) is 14.0. The van der Waals surface area contributed by atoms with Crippen LogP contribution in [-0.4, -0.2) is 15.0 Å². The Morgan fingerprint density at radius 2 is 1.16 bits per heavy atom. The Balaban J connectivity index is 0.968. The second-order valence-corrected chi connectivity index (χ2v) is 21.8. The number of fused-ring (bicyclic) bond motifs is 9. The number of hydrogen-bond donors (Lipinski definition) is 0. The lowest BCUT2D eigenvalue weighted by molar-refractivity contribution is 0.662. The zero-order chi connectivity index (χ0) is 49.3. The summed E-state index contributed by atoms with van der Waals surface area (Å²) in [5, 5.41) is 7.19. The van der Waals surface area contributed by atoms with E-state index in [0.717, 1.165) is 69.3 Å². The normalized spacial score (nSPS) is 14.1. The van der Waals surface area contributed by atoms with Gasteiger partial charge in [-0.15, -0.1) is 22.7 Å². The molecule has 4 heterocycles. The van der Waals surface area contributed by atoms with E-state index >= 15 is 0 Å². The Kier molecular flexibility index (Phi) is 11.0. The summed E-state index contributed by atoms with van der Waals surface area (Å²) in [6, 6.07) is 68.5. The molecule has 4 nitrogen and oxygen atoms in total. The first kappa shape index (κ1) is 44.4. The first-order valence-electron chi connectivity index (χ1n) is 25.7. The zero-order valence-corrected chi connectivity index (χ0v) is 42.7. The van der Waals surface area contributed by atoms with Gasteiger partial charge in [-0.25, -0.2) is 15.0 Å². The number of benzene rings is 9. The van der Waals surface area contributed by atoms with Gasteiger partial charge < -0.3 is 4.42 Å². The van der Waals surface area contributed by atoms with E-state index in [-0.39, 0.29) is 5.92 Å². The molecule has 1 aliphatic carbocycles. The van der Waals surface area contributed by atoms with Crippen LogP contribution in [0.5, 0.6) is 0 Å². The second kappa shape index (κ2) is 18.3. The molecule has 0 amide bonds. The van der Waals surface area contributed by atoms with Crippen LogP contribution in [0.2, 0.25) is 0 Å². The summed E-state index contributed by atoms with van der Waals surface area (Å²) < 4.78 is 11.9. The number of hydrogen-bond acceptors (Lipinski definition) is 6. The Morgan fingerprint density at radius 3 is 1.96 bits per heavy atom. The van der Waals surface area contributed by atoms with Crippen molar-refractivity contribution < 1.29 is 4.42 Å². The van der Waals surface area contributed by atoms with Crippen LogP contribution >= 0.6 is 22.7 Å². The highest BCUT2D eigenvalue weighted by molar-refractivity contribution is 7.26. The van der Waals surface area contributed by atoms with Gasteiger partial charge in [0.25, 0.3) is 0 Å². The molecule has 14 rings (SSSR count). The maximum absolute atomic E-state index is 6.78. The summed E-state index contributed by atoms with van der Waals surface area (Å²) in [5.74, 6) is 2.35. The lowest BCUT2D eigenvalue weighted by atomic mass is 9.81. The van der Waals surface area contributed by atoms with Gasteiger partial charge in [0.2, 0.25) is 0 Å². The standard InChI is InChI=1S/C68H49N3OS2/c1-3-42(43-19-6-4-7-20-43)39-54-46(27-16-28-49(54)62-41(2)35-38-61-65(62)52-26-13-15-33-59(52)74-61)45-36-37-56-55(40-45)63-53(30-17-31-57(63)72-56)68-70-66(44-21-8-5-9-22-44)69-67(71-68)50-24-11-10-23-47(50)48-29-18-34-60-64(48)51-25-12-14-32-58(51)73-60/h4-21,23-38,40,42,44H,3,22,39H2,1-2H3. The molecule has 0 spiro atoms. The predicted molar refractivity (Wildman–Crippen MR) is 314 cm³/mol. The smallest absolute Gasteiger partial charge is 0.164 e. The summed E-state index contributed by atoms with van der Waals surface area (Å²) >= 11 is 3.72. The van der Waals surface area contributed by atoms with Crippen LogP contribution in [0.1, 0.15) is 54.1 Å². The summed E-state index contributed by atoms with van der Waals surface area (Å²) in [5.41, 5.74) is 14.8. The van der Waals surface area contributed by atoms with Crippen molar-refractivity contribution in [2.75, 3.05) is 0 Å². The third-order valence-corrected chi connectivity index (χ3v) is 17.6. The molecule has 9 aromatic carbocycles. The Morgan fingerprint density at radius 1 is 0.514 bits per heavy atom. The third-order valence-electron chi connectivity index (χ3n) is 15.3. The SMILES string of the molecule is CCC(Cc1c(-c2ccc3oc4cccc(-c5nc(-c6ccccc6-c6cccc7sc8ccccc8c67)nc(C6C=CC=CC6)n5)c4c3c2)cccc1-c1c(C)ccc2sc3ccccc3c12)c1ccccc1. The molecular formula is C68H49N3OS2. The predicted octanol–water partition coefficient (Wildman–Crippen LogP) is 19.5. The van der Waals surface area contributed by atoms with Crippen molar-refractivity contribution in [1.29, 1.82) is 0 Å². The number of thiophene rings is 2.